The molecular formula is C27H27NO2. The SMILES string of the molecule is CCC1C(=O)CC(c2ccccc2)N(C(=O)Cc2ccccc2)C1c1ccccc1. The molecule has 0 spiro atoms. The van der Waals surface area contributed by atoms with Crippen LogP contribution in [0.25, 0.3) is 0 Å². The highest BCUT2D eigenvalue weighted by atomic mass is 16.2. The summed E-state index contributed by atoms with van der Waals surface area (Å²) < 4.78 is 0. The fourth-order valence-electron chi connectivity index (χ4n) is 4.64. The molecule has 152 valence electrons. The number of hydrogen-bond acceptors (Lipinski definition) is 2. The minimum atomic E-state index is -0.251. The van der Waals surface area contributed by atoms with Crippen LogP contribution < -0.4 is 0 Å². The van der Waals surface area contributed by atoms with Crippen LogP contribution in [0.4, 0.5) is 0 Å². The molecule has 0 saturated carbocycles. The van der Waals surface area contributed by atoms with Gasteiger partial charge in [-0.3, -0.25) is 9.59 Å². The van der Waals surface area contributed by atoms with Crippen molar-refractivity contribution in [1.82, 2.24) is 4.90 Å². The van der Waals surface area contributed by atoms with Gasteiger partial charge in [-0.25, -0.2) is 0 Å². The molecular weight excluding hydrogens is 370 g/mol. The standard InChI is InChI=1S/C27H27NO2/c1-2-23-25(29)19-24(21-14-8-4-9-15-21)28(27(23)22-16-10-5-11-17-22)26(30)18-20-12-6-3-7-13-20/h3-17,23-24,27H,2,18-19H2,1H3. The van der Waals surface area contributed by atoms with Gasteiger partial charge in [0.1, 0.15) is 5.78 Å². The smallest absolute Gasteiger partial charge is 0.228 e. The maximum atomic E-state index is 13.7. The highest BCUT2D eigenvalue weighted by Gasteiger charge is 2.44. The van der Waals surface area contributed by atoms with E-state index in [1.807, 2.05) is 103 Å². The van der Waals surface area contributed by atoms with E-state index in [-0.39, 0.29) is 29.7 Å². The monoisotopic (exact) mass is 397 g/mol. The second kappa shape index (κ2) is 9.08. The van der Waals surface area contributed by atoms with Crippen LogP contribution in [0.5, 0.6) is 0 Å². The van der Waals surface area contributed by atoms with Gasteiger partial charge in [-0.1, -0.05) is 97.9 Å². The first-order valence-corrected chi connectivity index (χ1v) is 10.7. The van der Waals surface area contributed by atoms with Gasteiger partial charge in [-0.15, -0.1) is 0 Å². The van der Waals surface area contributed by atoms with Crippen molar-refractivity contribution in [1.29, 1.82) is 0 Å². The second-order valence-corrected chi connectivity index (χ2v) is 7.93. The van der Waals surface area contributed by atoms with Gasteiger partial charge in [0.15, 0.2) is 0 Å². The number of hydrogen-bond donors (Lipinski definition) is 0. The van der Waals surface area contributed by atoms with Gasteiger partial charge in [-0.2, -0.15) is 0 Å². The molecule has 0 aliphatic carbocycles. The normalized spacial score (nSPS) is 21.4. The highest BCUT2D eigenvalue weighted by molar-refractivity contribution is 5.88. The van der Waals surface area contributed by atoms with Crippen LogP contribution >= 0.6 is 0 Å². The summed E-state index contributed by atoms with van der Waals surface area (Å²) in [6.45, 7) is 2.04. The lowest BCUT2D eigenvalue weighted by atomic mass is 9.77. The third-order valence-corrected chi connectivity index (χ3v) is 6.08. The molecule has 0 radical (unpaired) electrons. The number of piperidine rings is 1. The molecule has 3 atom stereocenters. The zero-order chi connectivity index (χ0) is 20.9. The first-order valence-electron chi connectivity index (χ1n) is 10.7. The Morgan fingerprint density at radius 2 is 1.37 bits per heavy atom. The quantitative estimate of drug-likeness (QED) is 0.567. The summed E-state index contributed by atoms with van der Waals surface area (Å²) in [5.41, 5.74) is 3.04. The summed E-state index contributed by atoms with van der Waals surface area (Å²) >= 11 is 0. The zero-order valence-corrected chi connectivity index (χ0v) is 17.3. The fraction of sp³-hybridized carbons (Fsp3) is 0.259. The van der Waals surface area contributed by atoms with E-state index in [0.717, 1.165) is 23.1 Å². The predicted molar refractivity (Wildman–Crippen MR) is 119 cm³/mol. The number of Topliss-reactive ketones (excluding diaryl/α,β-unsaturated/α-hetero) is 1. The first-order chi connectivity index (χ1) is 14.7. The fourth-order valence-corrected chi connectivity index (χ4v) is 4.64. The van der Waals surface area contributed by atoms with E-state index in [2.05, 4.69) is 0 Å². The molecule has 30 heavy (non-hydrogen) atoms. The summed E-state index contributed by atoms with van der Waals surface area (Å²) in [6.07, 6.45) is 1.42. The van der Waals surface area contributed by atoms with Gasteiger partial charge in [0, 0.05) is 12.3 Å². The molecule has 3 aromatic rings. The largest absolute Gasteiger partial charge is 0.327 e. The van der Waals surface area contributed by atoms with Crippen molar-refractivity contribution in [3.05, 3.63) is 108 Å². The number of nitrogens with zero attached hydrogens (tertiary/aromatic N) is 1. The summed E-state index contributed by atoms with van der Waals surface area (Å²) in [7, 11) is 0. The average molecular weight is 398 g/mol. The number of ketones is 1. The molecule has 1 heterocycles. The van der Waals surface area contributed by atoms with Crippen LogP contribution in [0, 0.1) is 5.92 Å². The van der Waals surface area contributed by atoms with E-state index >= 15 is 0 Å². The molecule has 3 aromatic carbocycles. The third kappa shape index (κ3) is 4.06. The van der Waals surface area contributed by atoms with Gasteiger partial charge in [-0.05, 0) is 23.1 Å². The number of amides is 1. The van der Waals surface area contributed by atoms with Crippen LogP contribution in [0.1, 0.15) is 48.5 Å². The van der Waals surface area contributed by atoms with Crippen molar-refractivity contribution < 1.29 is 9.59 Å². The molecule has 1 saturated heterocycles. The Morgan fingerprint density at radius 3 is 1.93 bits per heavy atom. The van der Waals surface area contributed by atoms with E-state index in [4.69, 9.17) is 0 Å². The molecule has 1 aliphatic rings. The molecule has 3 nitrogen and oxygen atoms in total. The van der Waals surface area contributed by atoms with Crippen molar-refractivity contribution in [3.63, 3.8) is 0 Å². The van der Waals surface area contributed by atoms with Crippen molar-refractivity contribution in [2.24, 2.45) is 5.92 Å². The second-order valence-electron chi connectivity index (χ2n) is 7.93. The maximum absolute atomic E-state index is 13.7. The molecule has 3 unspecified atom stereocenters. The van der Waals surface area contributed by atoms with Crippen LogP contribution in [0.2, 0.25) is 0 Å². The van der Waals surface area contributed by atoms with Crippen molar-refractivity contribution in [2.75, 3.05) is 0 Å². The van der Waals surface area contributed by atoms with Gasteiger partial charge >= 0.3 is 0 Å². The molecule has 0 aromatic heterocycles. The minimum Gasteiger partial charge on any atom is -0.327 e. The van der Waals surface area contributed by atoms with Crippen LogP contribution in [-0.4, -0.2) is 16.6 Å². The summed E-state index contributed by atoms with van der Waals surface area (Å²) in [4.78, 5) is 28.9. The molecule has 0 bridgehead atoms. The lowest BCUT2D eigenvalue weighted by Gasteiger charge is -2.46. The number of likely N-dealkylation sites (tertiary alicyclic amines) is 1. The van der Waals surface area contributed by atoms with E-state index < -0.39 is 0 Å². The highest BCUT2D eigenvalue weighted by Crippen LogP contribution is 2.44. The first kappa shape index (κ1) is 20.1. The Hall–Kier alpha value is -3.20. The minimum absolute atomic E-state index is 0.0647. The van der Waals surface area contributed by atoms with E-state index in [0.29, 0.717) is 12.8 Å². The molecule has 1 aliphatic heterocycles. The predicted octanol–water partition coefficient (Wildman–Crippen LogP) is 5.54. The van der Waals surface area contributed by atoms with Gasteiger partial charge < -0.3 is 4.90 Å². The lowest BCUT2D eigenvalue weighted by Crippen LogP contribution is -2.48. The molecule has 1 fully saturated rings. The summed E-state index contributed by atoms with van der Waals surface area (Å²) in [5, 5.41) is 0. The molecule has 0 N–H and O–H groups in total. The van der Waals surface area contributed by atoms with E-state index in [9.17, 15) is 9.59 Å². The Bertz CT molecular complexity index is 985. The Morgan fingerprint density at radius 1 is 0.833 bits per heavy atom. The van der Waals surface area contributed by atoms with E-state index in [1.165, 1.54) is 0 Å². The topological polar surface area (TPSA) is 37.4 Å². The van der Waals surface area contributed by atoms with Crippen molar-refractivity contribution in [2.45, 2.75) is 38.3 Å². The van der Waals surface area contributed by atoms with Gasteiger partial charge in [0.2, 0.25) is 5.91 Å². The summed E-state index contributed by atoms with van der Waals surface area (Å²) in [5.74, 6) is 0.117. The lowest BCUT2D eigenvalue weighted by molar-refractivity contribution is -0.147. The molecule has 4 rings (SSSR count). The van der Waals surface area contributed by atoms with Crippen LogP contribution in [-0.2, 0) is 16.0 Å². The zero-order valence-electron chi connectivity index (χ0n) is 17.3. The van der Waals surface area contributed by atoms with Crippen LogP contribution in [0.15, 0.2) is 91.0 Å². The van der Waals surface area contributed by atoms with Gasteiger partial charge in [0.25, 0.3) is 0 Å². The number of carbonyl (C=O) groups is 2. The van der Waals surface area contributed by atoms with Crippen molar-refractivity contribution in [3.8, 4) is 0 Å². The molecule has 1 amide bonds. The Balaban J connectivity index is 1.79. The molecule has 3 heteroatoms. The Kier molecular flexibility index (Phi) is 6.08. The van der Waals surface area contributed by atoms with Crippen LogP contribution in [0.3, 0.4) is 0 Å². The van der Waals surface area contributed by atoms with Gasteiger partial charge in [0.05, 0.1) is 18.5 Å². The number of rotatable bonds is 5. The third-order valence-electron chi connectivity index (χ3n) is 6.08. The Labute approximate surface area is 178 Å². The number of carbonyl (C=O) groups excluding carboxylic acids is 2. The maximum Gasteiger partial charge on any atom is 0.228 e. The van der Waals surface area contributed by atoms with Crippen molar-refractivity contribution >= 4 is 11.7 Å². The average Bonchev–Trinajstić information content (AvgIpc) is 2.80. The summed E-state index contributed by atoms with van der Waals surface area (Å²) in [6, 6.07) is 29.3. The number of benzene rings is 3. The van der Waals surface area contributed by atoms with E-state index in [1.54, 1.807) is 0 Å².